The van der Waals surface area contributed by atoms with Crippen molar-refractivity contribution in [1.82, 2.24) is 10.6 Å². The van der Waals surface area contributed by atoms with Crippen molar-refractivity contribution in [2.45, 2.75) is 26.8 Å². The quantitative estimate of drug-likeness (QED) is 0.380. The maximum atomic E-state index is 12.6. The van der Waals surface area contributed by atoms with Gasteiger partial charge in [-0.15, -0.1) is 0 Å². The number of carbonyl (C=O) groups is 4. The normalized spacial score (nSPS) is 11.0. The summed E-state index contributed by atoms with van der Waals surface area (Å²) < 4.78 is 4.93. The standard InChI is InChI=1S/C21H23N3O5S/c1-4-29-21(28)15-7-5-14(6-8-15)10-23-19(26)16-11-30-12-17(16)20(27)24-18(22-3)9-13(2)25/h5-8,11-12H,4,9-10H2,1-3H3,(H,23,26)(H,22,24,27). The van der Waals surface area contributed by atoms with E-state index < -0.39 is 17.8 Å². The van der Waals surface area contributed by atoms with Crippen LogP contribution in [-0.2, 0) is 16.1 Å². The maximum Gasteiger partial charge on any atom is 0.338 e. The first-order valence-electron chi connectivity index (χ1n) is 9.22. The van der Waals surface area contributed by atoms with Crippen LogP contribution in [0.25, 0.3) is 0 Å². The Morgan fingerprint density at radius 1 is 1.03 bits per heavy atom. The van der Waals surface area contributed by atoms with E-state index in [0.29, 0.717) is 12.2 Å². The van der Waals surface area contributed by atoms with E-state index in [2.05, 4.69) is 15.6 Å². The summed E-state index contributed by atoms with van der Waals surface area (Å²) in [6.45, 7) is 3.67. The molecule has 0 atom stereocenters. The number of nitrogens with zero attached hydrogens (tertiary/aromatic N) is 1. The Morgan fingerprint density at radius 3 is 2.23 bits per heavy atom. The number of nitrogens with one attached hydrogen (secondary N) is 2. The van der Waals surface area contributed by atoms with Gasteiger partial charge in [-0.1, -0.05) is 12.1 Å². The fourth-order valence-electron chi connectivity index (χ4n) is 2.51. The van der Waals surface area contributed by atoms with E-state index in [1.807, 2.05) is 0 Å². The minimum absolute atomic E-state index is 0.00962. The fraction of sp³-hybridized carbons (Fsp3) is 0.286. The highest BCUT2D eigenvalue weighted by atomic mass is 32.1. The third kappa shape index (κ3) is 6.35. The lowest BCUT2D eigenvalue weighted by molar-refractivity contribution is -0.115. The van der Waals surface area contributed by atoms with Crippen LogP contribution in [0.1, 0.15) is 56.9 Å². The van der Waals surface area contributed by atoms with E-state index in [1.54, 1.807) is 41.9 Å². The van der Waals surface area contributed by atoms with Crippen molar-refractivity contribution in [3.05, 3.63) is 57.3 Å². The number of amides is 2. The molecule has 8 nitrogen and oxygen atoms in total. The molecule has 1 aromatic heterocycles. The Balaban J connectivity index is 2.00. The first-order valence-corrected chi connectivity index (χ1v) is 10.2. The average Bonchev–Trinajstić information content (AvgIpc) is 3.22. The summed E-state index contributed by atoms with van der Waals surface area (Å²) in [4.78, 5) is 51.9. The molecule has 0 aliphatic heterocycles. The number of carbonyl (C=O) groups excluding carboxylic acids is 4. The van der Waals surface area contributed by atoms with Gasteiger partial charge in [-0.25, -0.2) is 4.79 Å². The lowest BCUT2D eigenvalue weighted by Crippen LogP contribution is -2.33. The summed E-state index contributed by atoms with van der Waals surface area (Å²) in [6, 6.07) is 6.70. The monoisotopic (exact) mass is 429 g/mol. The summed E-state index contributed by atoms with van der Waals surface area (Å²) >= 11 is 1.22. The molecule has 0 saturated heterocycles. The van der Waals surface area contributed by atoms with Gasteiger partial charge in [-0.05, 0) is 31.5 Å². The molecule has 2 rings (SSSR count). The van der Waals surface area contributed by atoms with E-state index in [4.69, 9.17) is 4.74 Å². The molecule has 0 bridgehead atoms. The fourth-order valence-corrected chi connectivity index (χ4v) is 3.32. The van der Waals surface area contributed by atoms with E-state index in [9.17, 15) is 19.2 Å². The second-order valence-electron chi connectivity index (χ2n) is 6.30. The number of thiophene rings is 1. The van der Waals surface area contributed by atoms with Crippen molar-refractivity contribution < 1.29 is 23.9 Å². The van der Waals surface area contributed by atoms with Crippen molar-refractivity contribution in [2.75, 3.05) is 13.7 Å². The van der Waals surface area contributed by atoms with Crippen molar-refractivity contribution in [3.63, 3.8) is 0 Å². The van der Waals surface area contributed by atoms with E-state index in [0.717, 1.165) is 5.56 Å². The van der Waals surface area contributed by atoms with Gasteiger partial charge in [-0.2, -0.15) is 11.3 Å². The minimum atomic E-state index is -0.498. The topological polar surface area (TPSA) is 114 Å². The molecule has 2 amide bonds. The summed E-state index contributed by atoms with van der Waals surface area (Å²) in [5.74, 6) is -1.19. The predicted molar refractivity (Wildman–Crippen MR) is 114 cm³/mol. The average molecular weight is 429 g/mol. The molecule has 0 aliphatic rings. The minimum Gasteiger partial charge on any atom is -0.462 e. The van der Waals surface area contributed by atoms with Crippen LogP contribution in [0.4, 0.5) is 0 Å². The molecule has 1 heterocycles. The van der Waals surface area contributed by atoms with Crippen molar-refractivity contribution in [2.24, 2.45) is 4.99 Å². The van der Waals surface area contributed by atoms with Gasteiger partial charge in [0.05, 0.1) is 29.7 Å². The molecule has 30 heavy (non-hydrogen) atoms. The molecule has 1 aromatic carbocycles. The summed E-state index contributed by atoms with van der Waals surface area (Å²) in [7, 11) is 1.48. The number of rotatable bonds is 8. The van der Waals surface area contributed by atoms with Gasteiger partial charge in [0.1, 0.15) is 11.6 Å². The Labute approximate surface area is 178 Å². The lowest BCUT2D eigenvalue weighted by Gasteiger charge is -2.09. The Bertz CT molecular complexity index is 963. The maximum absolute atomic E-state index is 12.6. The van der Waals surface area contributed by atoms with Crippen molar-refractivity contribution in [3.8, 4) is 0 Å². The molecule has 2 aromatic rings. The van der Waals surface area contributed by atoms with E-state index >= 15 is 0 Å². The summed E-state index contributed by atoms with van der Waals surface area (Å²) in [5.41, 5.74) is 1.67. The highest BCUT2D eigenvalue weighted by molar-refractivity contribution is 7.08. The zero-order valence-electron chi connectivity index (χ0n) is 17.0. The number of ketones is 1. The molecule has 0 aliphatic carbocycles. The first-order chi connectivity index (χ1) is 14.3. The van der Waals surface area contributed by atoms with Gasteiger partial charge in [0.2, 0.25) is 0 Å². The van der Waals surface area contributed by atoms with E-state index in [1.165, 1.54) is 25.3 Å². The Hall–Kier alpha value is -3.33. The molecule has 0 fully saturated rings. The number of aliphatic imine (C=N–C) groups is 1. The third-order valence-corrected chi connectivity index (χ3v) is 4.76. The summed E-state index contributed by atoms with van der Waals surface area (Å²) in [6.07, 6.45) is 0.00962. The number of hydrogen-bond donors (Lipinski definition) is 2. The van der Waals surface area contributed by atoms with Gasteiger partial charge in [-0.3, -0.25) is 19.4 Å². The van der Waals surface area contributed by atoms with Crippen LogP contribution < -0.4 is 10.6 Å². The molecular weight excluding hydrogens is 406 g/mol. The molecule has 158 valence electrons. The van der Waals surface area contributed by atoms with Gasteiger partial charge in [0, 0.05) is 24.4 Å². The predicted octanol–water partition coefficient (Wildman–Crippen LogP) is 2.59. The number of ether oxygens (including phenoxy) is 1. The molecule has 0 spiro atoms. The highest BCUT2D eigenvalue weighted by Gasteiger charge is 2.19. The number of benzene rings is 1. The zero-order chi connectivity index (χ0) is 22.1. The van der Waals surface area contributed by atoms with Gasteiger partial charge in [0.15, 0.2) is 0 Å². The third-order valence-electron chi connectivity index (χ3n) is 4.01. The van der Waals surface area contributed by atoms with Gasteiger partial charge in [0.25, 0.3) is 11.8 Å². The van der Waals surface area contributed by atoms with E-state index in [-0.39, 0.29) is 35.7 Å². The van der Waals surface area contributed by atoms with Crippen molar-refractivity contribution >= 4 is 40.7 Å². The SMILES string of the molecule is CCOC(=O)c1ccc(CNC(=O)c2cscc2C(=O)NC(CC(C)=O)=NC)cc1. The van der Waals surface area contributed by atoms with Gasteiger partial charge < -0.3 is 15.4 Å². The molecule has 0 saturated carbocycles. The zero-order valence-corrected chi connectivity index (χ0v) is 17.8. The second kappa shape index (κ2) is 11.0. The van der Waals surface area contributed by atoms with Crippen LogP contribution in [-0.4, -0.2) is 43.1 Å². The number of hydrogen-bond acceptors (Lipinski definition) is 7. The Kier molecular flexibility index (Phi) is 8.42. The lowest BCUT2D eigenvalue weighted by atomic mass is 10.1. The van der Waals surface area contributed by atoms with Crippen LogP contribution in [0.3, 0.4) is 0 Å². The first kappa shape index (κ1) is 23.0. The smallest absolute Gasteiger partial charge is 0.338 e. The molecular formula is C21H23N3O5S. The highest BCUT2D eigenvalue weighted by Crippen LogP contribution is 2.16. The molecule has 0 unspecified atom stereocenters. The van der Waals surface area contributed by atoms with Crippen LogP contribution in [0, 0.1) is 0 Å². The Morgan fingerprint density at radius 2 is 1.67 bits per heavy atom. The molecule has 2 N–H and O–H groups in total. The second-order valence-corrected chi connectivity index (χ2v) is 7.05. The molecule has 9 heteroatoms. The van der Waals surface area contributed by atoms with Crippen molar-refractivity contribution in [1.29, 1.82) is 0 Å². The summed E-state index contributed by atoms with van der Waals surface area (Å²) in [5, 5.41) is 8.48. The van der Waals surface area contributed by atoms with Gasteiger partial charge >= 0.3 is 5.97 Å². The van der Waals surface area contributed by atoms with Crippen LogP contribution >= 0.6 is 11.3 Å². The van der Waals surface area contributed by atoms with Crippen LogP contribution in [0.15, 0.2) is 40.0 Å². The van der Waals surface area contributed by atoms with Crippen LogP contribution in [0.5, 0.6) is 0 Å². The number of Topliss-reactive ketones (excluding diaryl/α,β-unsaturated/α-hetero) is 1. The largest absolute Gasteiger partial charge is 0.462 e. The van der Waals surface area contributed by atoms with Crippen LogP contribution in [0.2, 0.25) is 0 Å². The number of amidine groups is 1. The molecule has 0 radical (unpaired) electrons. The number of esters is 1.